The standard InChI is InChI=1S/C13H19N3OS.HI/c14-13(15-7-6-12-5-3-9-18-12)16-10-11-4-1-2-8-17-11;/h2-3,5,8-9,11H,1,4,6-7,10H2,(H3,14,15,16);1H. The molecule has 19 heavy (non-hydrogen) atoms. The highest BCUT2D eigenvalue weighted by Gasteiger charge is 2.09. The van der Waals surface area contributed by atoms with E-state index < -0.39 is 0 Å². The maximum atomic E-state index is 5.80. The maximum Gasteiger partial charge on any atom is 0.188 e. The van der Waals surface area contributed by atoms with Crippen molar-refractivity contribution in [1.82, 2.24) is 5.32 Å². The lowest BCUT2D eigenvalue weighted by atomic mass is 10.2. The SMILES string of the molecule is I.NC(=NCC1CCC=CO1)NCCc1cccs1. The zero-order valence-corrected chi connectivity index (χ0v) is 13.9. The van der Waals surface area contributed by atoms with E-state index in [1.807, 2.05) is 6.08 Å². The fourth-order valence-corrected chi connectivity index (χ4v) is 2.45. The van der Waals surface area contributed by atoms with Crippen molar-refractivity contribution in [3.05, 3.63) is 34.7 Å². The number of allylic oxidation sites excluding steroid dienone is 1. The van der Waals surface area contributed by atoms with Crippen LogP contribution in [-0.2, 0) is 11.2 Å². The molecule has 1 aliphatic rings. The van der Waals surface area contributed by atoms with Gasteiger partial charge in [-0.1, -0.05) is 6.07 Å². The van der Waals surface area contributed by atoms with Crippen LogP contribution in [0.4, 0.5) is 0 Å². The van der Waals surface area contributed by atoms with E-state index in [2.05, 4.69) is 27.8 Å². The monoisotopic (exact) mass is 393 g/mol. The Bertz CT molecular complexity index is 406. The van der Waals surface area contributed by atoms with E-state index in [-0.39, 0.29) is 30.1 Å². The van der Waals surface area contributed by atoms with E-state index in [0.717, 1.165) is 25.8 Å². The number of nitrogens with zero attached hydrogens (tertiary/aromatic N) is 1. The van der Waals surface area contributed by atoms with Gasteiger partial charge in [0, 0.05) is 11.4 Å². The number of ether oxygens (including phenoxy) is 1. The van der Waals surface area contributed by atoms with Gasteiger partial charge in [-0.15, -0.1) is 35.3 Å². The van der Waals surface area contributed by atoms with Gasteiger partial charge in [-0.3, -0.25) is 0 Å². The number of hydrogen-bond donors (Lipinski definition) is 2. The number of hydrogen-bond acceptors (Lipinski definition) is 3. The molecule has 4 nitrogen and oxygen atoms in total. The average molecular weight is 393 g/mol. The summed E-state index contributed by atoms with van der Waals surface area (Å²) < 4.78 is 5.42. The van der Waals surface area contributed by atoms with Gasteiger partial charge >= 0.3 is 0 Å². The Morgan fingerprint density at radius 1 is 1.58 bits per heavy atom. The van der Waals surface area contributed by atoms with Gasteiger partial charge in [0.1, 0.15) is 6.10 Å². The van der Waals surface area contributed by atoms with Crippen LogP contribution in [0.2, 0.25) is 0 Å². The van der Waals surface area contributed by atoms with Crippen LogP contribution >= 0.6 is 35.3 Å². The first-order valence-corrected chi connectivity index (χ1v) is 7.09. The summed E-state index contributed by atoms with van der Waals surface area (Å²) in [6.45, 7) is 1.45. The van der Waals surface area contributed by atoms with E-state index in [1.54, 1.807) is 17.6 Å². The predicted octanol–water partition coefficient (Wildman–Crippen LogP) is 2.51. The zero-order valence-electron chi connectivity index (χ0n) is 10.7. The van der Waals surface area contributed by atoms with Gasteiger partial charge in [0.25, 0.3) is 0 Å². The molecule has 0 aliphatic carbocycles. The van der Waals surface area contributed by atoms with Crippen LogP contribution in [0.5, 0.6) is 0 Å². The molecule has 106 valence electrons. The molecule has 2 heterocycles. The molecule has 0 amide bonds. The van der Waals surface area contributed by atoms with Crippen molar-refractivity contribution in [2.75, 3.05) is 13.1 Å². The van der Waals surface area contributed by atoms with Crippen LogP contribution in [0.1, 0.15) is 17.7 Å². The minimum absolute atomic E-state index is 0. The summed E-state index contributed by atoms with van der Waals surface area (Å²) >= 11 is 1.76. The summed E-state index contributed by atoms with van der Waals surface area (Å²) in [4.78, 5) is 5.65. The van der Waals surface area contributed by atoms with Crippen LogP contribution in [0, 0.1) is 0 Å². The Labute approximate surface area is 135 Å². The van der Waals surface area contributed by atoms with Gasteiger partial charge in [0.05, 0.1) is 12.8 Å². The summed E-state index contributed by atoms with van der Waals surface area (Å²) in [6, 6.07) is 4.19. The van der Waals surface area contributed by atoms with Gasteiger partial charge in [0.15, 0.2) is 5.96 Å². The van der Waals surface area contributed by atoms with E-state index in [9.17, 15) is 0 Å². The third kappa shape index (κ3) is 6.29. The first kappa shape index (κ1) is 16.3. The van der Waals surface area contributed by atoms with Crippen molar-refractivity contribution in [3.8, 4) is 0 Å². The summed E-state index contributed by atoms with van der Waals surface area (Å²) in [7, 11) is 0. The second kappa shape index (κ2) is 9.19. The van der Waals surface area contributed by atoms with E-state index >= 15 is 0 Å². The lowest BCUT2D eigenvalue weighted by Gasteiger charge is -2.17. The first-order valence-electron chi connectivity index (χ1n) is 6.21. The van der Waals surface area contributed by atoms with Crippen molar-refractivity contribution in [3.63, 3.8) is 0 Å². The summed E-state index contributed by atoms with van der Waals surface area (Å²) in [5.41, 5.74) is 5.80. The molecule has 0 saturated carbocycles. The van der Waals surface area contributed by atoms with Gasteiger partial charge in [-0.05, 0) is 36.8 Å². The number of thiophene rings is 1. The van der Waals surface area contributed by atoms with Gasteiger partial charge in [-0.2, -0.15) is 0 Å². The topological polar surface area (TPSA) is 59.6 Å². The number of aliphatic imine (C=N–C) groups is 1. The van der Waals surface area contributed by atoms with Crippen molar-refractivity contribution in [2.45, 2.75) is 25.4 Å². The molecule has 1 aromatic rings. The predicted molar refractivity (Wildman–Crippen MR) is 91.2 cm³/mol. The Morgan fingerprint density at radius 2 is 2.47 bits per heavy atom. The Balaban J connectivity index is 0.00000180. The van der Waals surface area contributed by atoms with E-state index in [1.165, 1.54) is 4.88 Å². The van der Waals surface area contributed by atoms with Crippen molar-refractivity contribution < 1.29 is 4.74 Å². The molecule has 0 spiro atoms. The summed E-state index contributed by atoms with van der Waals surface area (Å²) in [5, 5.41) is 5.21. The van der Waals surface area contributed by atoms with Crippen molar-refractivity contribution >= 4 is 41.3 Å². The van der Waals surface area contributed by atoms with E-state index in [4.69, 9.17) is 10.5 Å². The number of nitrogens with one attached hydrogen (secondary N) is 1. The fourth-order valence-electron chi connectivity index (χ4n) is 1.74. The van der Waals surface area contributed by atoms with Crippen molar-refractivity contribution in [2.24, 2.45) is 10.7 Å². The molecule has 1 unspecified atom stereocenters. The van der Waals surface area contributed by atoms with E-state index in [0.29, 0.717) is 12.5 Å². The molecule has 0 fully saturated rings. The zero-order chi connectivity index (χ0) is 12.6. The molecule has 0 aromatic carbocycles. The highest BCUT2D eigenvalue weighted by atomic mass is 127. The molecule has 1 aliphatic heterocycles. The highest BCUT2D eigenvalue weighted by molar-refractivity contribution is 14.0. The molecule has 2 rings (SSSR count). The second-order valence-corrected chi connectivity index (χ2v) is 5.22. The molecular formula is C13H20IN3OS. The molecule has 6 heteroatoms. The average Bonchev–Trinajstić information content (AvgIpc) is 2.91. The largest absolute Gasteiger partial charge is 0.496 e. The molecular weight excluding hydrogens is 373 g/mol. The van der Waals surface area contributed by atoms with Gasteiger partial charge in [0.2, 0.25) is 0 Å². The lowest BCUT2D eigenvalue weighted by Crippen LogP contribution is -2.34. The first-order chi connectivity index (χ1) is 8.84. The molecule has 0 bridgehead atoms. The molecule has 1 atom stereocenters. The Kier molecular flexibility index (Phi) is 7.88. The van der Waals surface area contributed by atoms with Crippen LogP contribution in [0.3, 0.4) is 0 Å². The highest BCUT2D eigenvalue weighted by Crippen LogP contribution is 2.10. The Morgan fingerprint density at radius 3 is 3.16 bits per heavy atom. The van der Waals surface area contributed by atoms with Gasteiger partial charge < -0.3 is 15.8 Å². The molecule has 1 aromatic heterocycles. The minimum atomic E-state index is 0. The number of guanidine groups is 1. The summed E-state index contributed by atoms with van der Waals surface area (Å²) in [6.07, 6.45) is 7.02. The third-order valence-electron chi connectivity index (χ3n) is 2.75. The third-order valence-corrected chi connectivity index (χ3v) is 3.68. The number of rotatable bonds is 5. The normalized spacial score (nSPS) is 18.5. The number of nitrogens with two attached hydrogens (primary N) is 1. The Hall–Kier alpha value is -0.760. The minimum Gasteiger partial charge on any atom is -0.496 e. The van der Waals surface area contributed by atoms with Crippen LogP contribution < -0.4 is 11.1 Å². The lowest BCUT2D eigenvalue weighted by molar-refractivity contribution is 0.131. The quantitative estimate of drug-likeness (QED) is 0.459. The number of halogens is 1. The smallest absolute Gasteiger partial charge is 0.188 e. The van der Waals surface area contributed by atoms with Crippen molar-refractivity contribution in [1.29, 1.82) is 0 Å². The molecule has 3 N–H and O–H groups in total. The maximum absolute atomic E-state index is 5.80. The fraction of sp³-hybridized carbons (Fsp3) is 0.462. The molecule has 0 radical (unpaired) electrons. The van der Waals surface area contributed by atoms with Gasteiger partial charge in [-0.25, -0.2) is 4.99 Å². The second-order valence-electron chi connectivity index (χ2n) is 4.19. The summed E-state index contributed by atoms with van der Waals surface area (Å²) in [5.74, 6) is 0.504. The van der Waals surface area contributed by atoms with Crippen LogP contribution in [0.15, 0.2) is 34.8 Å². The molecule has 0 saturated heterocycles. The van der Waals surface area contributed by atoms with Crippen LogP contribution in [0.25, 0.3) is 0 Å². The van der Waals surface area contributed by atoms with Crippen LogP contribution in [-0.4, -0.2) is 25.2 Å².